The molecule has 1 saturated heterocycles. The number of nitrogens with one attached hydrogen (secondary N) is 1. The lowest BCUT2D eigenvalue weighted by molar-refractivity contribution is -0.120. The molecule has 0 bridgehead atoms. The Labute approximate surface area is 141 Å². The number of anilines is 1. The van der Waals surface area contributed by atoms with E-state index < -0.39 is 0 Å². The maximum atomic E-state index is 11.8. The highest BCUT2D eigenvalue weighted by Gasteiger charge is 2.26. The molecule has 6 heteroatoms. The fourth-order valence-corrected chi connectivity index (χ4v) is 4.18. The van der Waals surface area contributed by atoms with Crippen molar-refractivity contribution in [2.45, 2.75) is 46.6 Å². The Morgan fingerprint density at radius 1 is 1.43 bits per heavy atom. The Bertz CT molecular complexity index is 725. The van der Waals surface area contributed by atoms with Gasteiger partial charge >= 0.3 is 0 Å². The summed E-state index contributed by atoms with van der Waals surface area (Å²) in [7, 11) is 0. The second-order valence-corrected chi connectivity index (χ2v) is 7.59. The van der Waals surface area contributed by atoms with Crippen molar-refractivity contribution in [1.29, 1.82) is 0 Å². The molecule has 23 heavy (non-hydrogen) atoms. The molecule has 1 fully saturated rings. The third-order valence-electron chi connectivity index (χ3n) is 4.19. The molecule has 1 aliphatic heterocycles. The first kappa shape index (κ1) is 16.2. The summed E-state index contributed by atoms with van der Waals surface area (Å²) in [6.45, 7) is 9.96. The number of fused-ring (bicyclic) bond motifs is 1. The van der Waals surface area contributed by atoms with Crippen LogP contribution in [0.4, 0.5) is 5.82 Å². The molecule has 1 aliphatic rings. The van der Waals surface area contributed by atoms with Crippen molar-refractivity contribution in [3.63, 3.8) is 0 Å². The zero-order valence-electron chi connectivity index (χ0n) is 14.2. The minimum absolute atomic E-state index is 0.120. The molecule has 124 valence electrons. The van der Waals surface area contributed by atoms with Gasteiger partial charge in [-0.25, -0.2) is 9.97 Å². The summed E-state index contributed by atoms with van der Waals surface area (Å²) < 4.78 is 0. The van der Waals surface area contributed by atoms with Gasteiger partial charge < -0.3 is 10.2 Å². The van der Waals surface area contributed by atoms with Gasteiger partial charge in [-0.2, -0.15) is 0 Å². The third-order valence-corrected chi connectivity index (χ3v) is 5.11. The second kappa shape index (κ2) is 6.43. The van der Waals surface area contributed by atoms with Crippen LogP contribution in [-0.4, -0.2) is 35.0 Å². The predicted molar refractivity (Wildman–Crippen MR) is 95.1 cm³/mol. The number of nitrogens with zero attached hydrogens (tertiary/aromatic N) is 3. The van der Waals surface area contributed by atoms with Crippen LogP contribution < -0.4 is 10.2 Å². The molecule has 0 aromatic carbocycles. The average molecular weight is 332 g/mol. The van der Waals surface area contributed by atoms with E-state index in [-0.39, 0.29) is 11.9 Å². The van der Waals surface area contributed by atoms with Gasteiger partial charge in [0.25, 0.3) is 0 Å². The molecule has 3 heterocycles. The normalized spacial score (nSPS) is 19.3. The van der Waals surface area contributed by atoms with E-state index >= 15 is 0 Å². The van der Waals surface area contributed by atoms with Gasteiger partial charge in [-0.05, 0) is 37.1 Å². The SMILES string of the molecule is Cc1nc(N2CCNC(=O)C[C@H]2C)c2c(CC(C)C)csc2n1. The topological polar surface area (TPSA) is 58.1 Å². The summed E-state index contributed by atoms with van der Waals surface area (Å²) >= 11 is 1.69. The minimum atomic E-state index is 0.120. The maximum absolute atomic E-state index is 11.8. The third kappa shape index (κ3) is 3.32. The molecule has 3 rings (SSSR count). The van der Waals surface area contributed by atoms with Crippen LogP contribution in [0.2, 0.25) is 0 Å². The van der Waals surface area contributed by atoms with Crippen molar-refractivity contribution in [3.05, 3.63) is 16.8 Å². The molecule has 1 N–H and O–H groups in total. The Kier molecular flexibility index (Phi) is 4.53. The minimum Gasteiger partial charge on any atom is -0.354 e. The van der Waals surface area contributed by atoms with Gasteiger partial charge in [-0.1, -0.05) is 13.8 Å². The van der Waals surface area contributed by atoms with E-state index in [0.29, 0.717) is 18.9 Å². The number of aryl methyl sites for hydroxylation is 1. The zero-order valence-corrected chi connectivity index (χ0v) is 15.0. The molecule has 2 aromatic heterocycles. The van der Waals surface area contributed by atoms with E-state index in [1.165, 1.54) is 10.9 Å². The van der Waals surface area contributed by atoms with E-state index in [9.17, 15) is 4.79 Å². The van der Waals surface area contributed by atoms with Gasteiger partial charge in [0.1, 0.15) is 16.5 Å². The van der Waals surface area contributed by atoms with Crippen molar-refractivity contribution in [3.8, 4) is 0 Å². The maximum Gasteiger partial charge on any atom is 0.222 e. The van der Waals surface area contributed by atoms with E-state index in [2.05, 4.69) is 41.4 Å². The Hall–Kier alpha value is -1.69. The van der Waals surface area contributed by atoms with E-state index in [1.54, 1.807) is 11.3 Å². The van der Waals surface area contributed by atoms with Crippen LogP contribution in [-0.2, 0) is 11.2 Å². The largest absolute Gasteiger partial charge is 0.354 e. The smallest absolute Gasteiger partial charge is 0.222 e. The summed E-state index contributed by atoms with van der Waals surface area (Å²) in [5.41, 5.74) is 1.32. The highest BCUT2D eigenvalue weighted by Crippen LogP contribution is 2.34. The molecule has 0 spiro atoms. The lowest BCUT2D eigenvalue weighted by Gasteiger charge is -2.28. The van der Waals surface area contributed by atoms with Crippen molar-refractivity contribution in [2.75, 3.05) is 18.0 Å². The van der Waals surface area contributed by atoms with Gasteiger partial charge in [-0.15, -0.1) is 11.3 Å². The molecule has 0 saturated carbocycles. The summed E-state index contributed by atoms with van der Waals surface area (Å²) in [4.78, 5) is 24.5. The quantitative estimate of drug-likeness (QED) is 0.939. The second-order valence-electron chi connectivity index (χ2n) is 6.73. The van der Waals surface area contributed by atoms with Crippen LogP contribution in [0.5, 0.6) is 0 Å². The van der Waals surface area contributed by atoms with Crippen LogP contribution in [0.25, 0.3) is 10.2 Å². The van der Waals surface area contributed by atoms with Gasteiger partial charge in [0.2, 0.25) is 5.91 Å². The highest BCUT2D eigenvalue weighted by molar-refractivity contribution is 7.17. The van der Waals surface area contributed by atoms with Gasteiger partial charge in [0.05, 0.1) is 5.39 Å². The first-order valence-electron chi connectivity index (χ1n) is 8.23. The Balaban J connectivity index is 2.11. The van der Waals surface area contributed by atoms with Gasteiger partial charge in [0, 0.05) is 25.6 Å². The van der Waals surface area contributed by atoms with E-state index in [4.69, 9.17) is 4.98 Å². The lowest BCUT2D eigenvalue weighted by Crippen LogP contribution is -2.35. The summed E-state index contributed by atoms with van der Waals surface area (Å²) in [6.07, 6.45) is 1.53. The standard InChI is InChI=1S/C17H24N4OS/c1-10(2)7-13-9-23-17-15(13)16(19-12(4)20-17)21-6-5-18-14(22)8-11(21)3/h9-11H,5-8H2,1-4H3,(H,18,22)/t11-/m1/s1. The Morgan fingerprint density at radius 3 is 2.96 bits per heavy atom. The molecule has 2 aromatic rings. The zero-order chi connectivity index (χ0) is 16.6. The molecule has 0 unspecified atom stereocenters. The number of hydrogen-bond donors (Lipinski definition) is 1. The fourth-order valence-electron chi connectivity index (χ4n) is 3.18. The summed E-state index contributed by atoms with van der Waals surface area (Å²) in [6, 6.07) is 0.141. The summed E-state index contributed by atoms with van der Waals surface area (Å²) in [5.74, 6) is 2.50. The fraction of sp³-hybridized carbons (Fsp3) is 0.588. The van der Waals surface area contributed by atoms with Crippen molar-refractivity contribution in [2.24, 2.45) is 5.92 Å². The Morgan fingerprint density at radius 2 is 2.22 bits per heavy atom. The van der Waals surface area contributed by atoms with Crippen LogP contribution in [0.1, 0.15) is 38.6 Å². The van der Waals surface area contributed by atoms with Gasteiger partial charge in [0.15, 0.2) is 0 Å². The highest BCUT2D eigenvalue weighted by atomic mass is 32.1. The molecule has 5 nitrogen and oxygen atoms in total. The molecular weight excluding hydrogens is 308 g/mol. The molecule has 0 aliphatic carbocycles. The van der Waals surface area contributed by atoms with E-state index in [1.807, 2.05) is 6.92 Å². The van der Waals surface area contributed by atoms with Crippen LogP contribution >= 0.6 is 11.3 Å². The number of carbonyl (C=O) groups is 1. The molecular formula is C17H24N4OS. The first-order valence-corrected chi connectivity index (χ1v) is 9.11. The number of rotatable bonds is 3. The average Bonchev–Trinajstić information content (AvgIpc) is 2.75. The molecule has 1 amide bonds. The first-order chi connectivity index (χ1) is 11.0. The number of hydrogen-bond acceptors (Lipinski definition) is 5. The monoisotopic (exact) mass is 332 g/mol. The van der Waals surface area contributed by atoms with Gasteiger partial charge in [-0.3, -0.25) is 4.79 Å². The summed E-state index contributed by atoms with van der Waals surface area (Å²) in [5, 5.41) is 6.35. The van der Waals surface area contributed by atoms with Crippen molar-refractivity contribution in [1.82, 2.24) is 15.3 Å². The predicted octanol–water partition coefficient (Wildman–Crippen LogP) is 2.91. The van der Waals surface area contributed by atoms with Crippen LogP contribution in [0.3, 0.4) is 0 Å². The number of carbonyl (C=O) groups excluding carboxylic acids is 1. The molecule has 0 radical (unpaired) electrons. The lowest BCUT2D eigenvalue weighted by atomic mass is 10.0. The number of amides is 1. The number of aromatic nitrogens is 2. The van der Waals surface area contributed by atoms with Crippen molar-refractivity contribution >= 4 is 33.3 Å². The van der Waals surface area contributed by atoms with Crippen LogP contribution in [0.15, 0.2) is 5.38 Å². The van der Waals surface area contributed by atoms with E-state index in [0.717, 1.165) is 29.4 Å². The van der Waals surface area contributed by atoms with Crippen molar-refractivity contribution < 1.29 is 4.79 Å². The molecule has 1 atom stereocenters. The van der Waals surface area contributed by atoms with Crippen LogP contribution in [0, 0.1) is 12.8 Å². The number of thiophene rings is 1.